The number of allylic oxidation sites excluding steroid dienone is 1. The van der Waals surface area contributed by atoms with Gasteiger partial charge in [0.15, 0.2) is 0 Å². The van der Waals surface area contributed by atoms with Crippen molar-refractivity contribution in [3.05, 3.63) is 12.2 Å². The number of rotatable bonds is 7. The van der Waals surface area contributed by atoms with Crippen LogP contribution in [0.4, 0.5) is 0 Å². The first-order valence-corrected chi connectivity index (χ1v) is 5.83. The summed E-state index contributed by atoms with van der Waals surface area (Å²) in [5, 5.41) is 9.81. The van der Waals surface area contributed by atoms with E-state index in [1.807, 2.05) is 0 Å². The maximum absolute atomic E-state index is 11.4. The lowest BCUT2D eigenvalue weighted by atomic mass is 10.3. The van der Waals surface area contributed by atoms with Gasteiger partial charge in [-0.1, -0.05) is 19.9 Å². The van der Waals surface area contributed by atoms with E-state index in [4.69, 9.17) is 0 Å². The molecule has 0 heterocycles. The second kappa shape index (κ2) is 8.30. The van der Waals surface area contributed by atoms with Crippen molar-refractivity contribution in [3.8, 4) is 0 Å². The molecule has 0 aliphatic rings. The first-order valence-electron chi connectivity index (χ1n) is 5.83. The fourth-order valence-electron chi connectivity index (χ4n) is 1.51. The highest BCUT2D eigenvalue weighted by atomic mass is 16.3. The number of aliphatic hydroxyl groups is 1. The molecule has 16 heavy (non-hydrogen) atoms. The van der Waals surface area contributed by atoms with E-state index in [9.17, 15) is 9.90 Å². The third-order valence-corrected chi connectivity index (χ3v) is 2.53. The summed E-state index contributed by atoms with van der Waals surface area (Å²) in [7, 11) is 1.70. The van der Waals surface area contributed by atoms with Gasteiger partial charge in [-0.3, -0.25) is 4.79 Å². The van der Waals surface area contributed by atoms with Gasteiger partial charge in [0.05, 0.1) is 6.10 Å². The van der Waals surface area contributed by atoms with Crippen LogP contribution in [-0.2, 0) is 4.79 Å². The number of amides is 1. The molecule has 94 valence electrons. The maximum Gasteiger partial charge on any atom is 0.246 e. The zero-order valence-electron chi connectivity index (χ0n) is 10.8. The lowest BCUT2D eigenvalue weighted by Crippen LogP contribution is -2.40. The molecule has 0 rings (SSSR count). The summed E-state index contributed by atoms with van der Waals surface area (Å²) >= 11 is 0. The molecule has 0 saturated carbocycles. The molecule has 0 aliphatic heterocycles. The molecule has 0 aromatic heterocycles. The van der Waals surface area contributed by atoms with Crippen molar-refractivity contribution in [2.45, 2.75) is 26.9 Å². The minimum Gasteiger partial charge on any atom is -0.390 e. The summed E-state index contributed by atoms with van der Waals surface area (Å²) in [5.41, 5.74) is 0. The van der Waals surface area contributed by atoms with Crippen molar-refractivity contribution in [1.29, 1.82) is 0 Å². The number of hydrogen-bond donors (Lipinski definition) is 1. The Kier molecular flexibility index (Phi) is 7.85. The highest BCUT2D eigenvalue weighted by molar-refractivity contribution is 5.87. The lowest BCUT2D eigenvalue weighted by molar-refractivity contribution is -0.126. The van der Waals surface area contributed by atoms with E-state index in [1.54, 1.807) is 20.0 Å². The van der Waals surface area contributed by atoms with Gasteiger partial charge in [-0.2, -0.15) is 0 Å². The molecule has 0 fully saturated rings. The summed E-state index contributed by atoms with van der Waals surface area (Å²) in [6, 6.07) is 0. The fourth-order valence-corrected chi connectivity index (χ4v) is 1.51. The maximum atomic E-state index is 11.4. The monoisotopic (exact) mass is 228 g/mol. The predicted molar refractivity (Wildman–Crippen MR) is 66.2 cm³/mol. The van der Waals surface area contributed by atoms with Crippen LogP contribution in [0.2, 0.25) is 0 Å². The Bertz CT molecular complexity index is 225. The van der Waals surface area contributed by atoms with E-state index in [2.05, 4.69) is 18.7 Å². The van der Waals surface area contributed by atoms with E-state index >= 15 is 0 Å². The van der Waals surface area contributed by atoms with Gasteiger partial charge in [0.2, 0.25) is 5.91 Å². The van der Waals surface area contributed by atoms with E-state index in [-0.39, 0.29) is 5.91 Å². The van der Waals surface area contributed by atoms with Crippen molar-refractivity contribution in [3.63, 3.8) is 0 Å². The quantitative estimate of drug-likeness (QED) is 0.653. The molecule has 1 unspecified atom stereocenters. The zero-order chi connectivity index (χ0) is 12.6. The van der Waals surface area contributed by atoms with Crippen LogP contribution in [-0.4, -0.2) is 60.1 Å². The number of aliphatic hydroxyl groups excluding tert-OH is 1. The Morgan fingerprint density at radius 2 is 1.88 bits per heavy atom. The SMILES string of the molecule is C/C=C/C(=O)N(C)CC(O)CN(CC)CC. The zero-order valence-corrected chi connectivity index (χ0v) is 10.8. The van der Waals surface area contributed by atoms with Crippen LogP contribution in [0, 0.1) is 0 Å². The molecule has 1 amide bonds. The smallest absolute Gasteiger partial charge is 0.246 e. The van der Waals surface area contributed by atoms with Gasteiger partial charge in [0.1, 0.15) is 0 Å². The molecule has 1 N–H and O–H groups in total. The van der Waals surface area contributed by atoms with Crippen LogP contribution in [0.5, 0.6) is 0 Å². The van der Waals surface area contributed by atoms with E-state index in [0.717, 1.165) is 13.1 Å². The topological polar surface area (TPSA) is 43.8 Å². The van der Waals surface area contributed by atoms with Gasteiger partial charge >= 0.3 is 0 Å². The standard InChI is InChI=1S/C12H24N2O2/c1-5-8-12(16)13(4)9-11(15)10-14(6-2)7-3/h5,8,11,15H,6-7,9-10H2,1-4H3/b8-5+. The third-order valence-electron chi connectivity index (χ3n) is 2.53. The first-order chi connectivity index (χ1) is 7.54. The van der Waals surface area contributed by atoms with E-state index in [0.29, 0.717) is 13.1 Å². The van der Waals surface area contributed by atoms with Crippen molar-refractivity contribution < 1.29 is 9.90 Å². The van der Waals surface area contributed by atoms with Crippen LogP contribution in [0.3, 0.4) is 0 Å². The number of carbonyl (C=O) groups excluding carboxylic acids is 1. The second-order valence-electron chi connectivity index (χ2n) is 3.86. The van der Waals surface area contributed by atoms with Crippen LogP contribution < -0.4 is 0 Å². The van der Waals surface area contributed by atoms with Gasteiger partial charge in [-0.25, -0.2) is 0 Å². The summed E-state index contributed by atoms with van der Waals surface area (Å²) in [5.74, 6) is -0.0684. The van der Waals surface area contributed by atoms with Gasteiger partial charge in [-0.15, -0.1) is 0 Å². The largest absolute Gasteiger partial charge is 0.390 e. The second-order valence-corrected chi connectivity index (χ2v) is 3.86. The van der Waals surface area contributed by atoms with Crippen molar-refractivity contribution in [1.82, 2.24) is 9.80 Å². The average Bonchev–Trinajstić information content (AvgIpc) is 2.26. The summed E-state index contributed by atoms with van der Waals surface area (Å²) in [4.78, 5) is 15.1. The predicted octanol–water partition coefficient (Wildman–Crippen LogP) is 0.724. The highest BCUT2D eigenvalue weighted by Crippen LogP contribution is 1.96. The van der Waals surface area contributed by atoms with Crippen LogP contribution >= 0.6 is 0 Å². The summed E-state index contributed by atoms with van der Waals surface area (Å²) in [6.45, 7) is 8.74. The molecule has 0 bridgehead atoms. The molecule has 4 heteroatoms. The van der Waals surface area contributed by atoms with Gasteiger partial charge < -0.3 is 14.9 Å². The average molecular weight is 228 g/mol. The molecule has 0 radical (unpaired) electrons. The molecule has 4 nitrogen and oxygen atoms in total. The summed E-state index contributed by atoms with van der Waals surface area (Å²) in [6.07, 6.45) is 2.72. The Balaban J connectivity index is 4.03. The molecule has 1 atom stereocenters. The Morgan fingerprint density at radius 1 is 1.31 bits per heavy atom. The normalized spacial score (nSPS) is 13.4. The van der Waals surface area contributed by atoms with Gasteiger partial charge in [0, 0.05) is 20.1 Å². The number of likely N-dealkylation sites (N-methyl/N-ethyl adjacent to an activating group) is 2. The molecule has 0 aromatic carbocycles. The van der Waals surface area contributed by atoms with Crippen LogP contribution in [0.1, 0.15) is 20.8 Å². The molecule has 0 spiro atoms. The molecular weight excluding hydrogens is 204 g/mol. The van der Waals surface area contributed by atoms with E-state index < -0.39 is 6.10 Å². The lowest BCUT2D eigenvalue weighted by Gasteiger charge is -2.25. The first kappa shape index (κ1) is 15.1. The third kappa shape index (κ3) is 5.88. The fraction of sp³-hybridized carbons (Fsp3) is 0.750. The highest BCUT2D eigenvalue weighted by Gasteiger charge is 2.13. The van der Waals surface area contributed by atoms with Crippen molar-refractivity contribution >= 4 is 5.91 Å². The van der Waals surface area contributed by atoms with Crippen LogP contribution in [0.25, 0.3) is 0 Å². The Labute approximate surface area is 98.5 Å². The Hall–Kier alpha value is -0.870. The van der Waals surface area contributed by atoms with Crippen molar-refractivity contribution in [2.75, 3.05) is 33.2 Å². The number of carbonyl (C=O) groups is 1. The number of nitrogens with zero attached hydrogens (tertiary/aromatic N) is 2. The number of hydrogen-bond acceptors (Lipinski definition) is 3. The summed E-state index contributed by atoms with van der Waals surface area (Å²) < 4.78 is 0. The Morgan fingerprint density at radius 3 is 2.31 bits per heavy atom. The van der Waals surface area contributed by atoms with Crippen LogP contribution in [0.15, 0.2) is 12.2 Å². The molecule has 0 aromatic rings. The van der Waals surface area contributed by atoms with Crippen molar-refractivity contribution in [2.24, 2.45) is 0 Å². The minimum atomic E-state index is -0.487. The molecular formula is C12H24N2O2. The van der Waals surface area contributed by atoms with Gasteiger partial charge in [-0.05, 0) is 26.1 Å². The van der Waals surface area contributed by atoms with E-state index in [1.165, 1.54) is 11.0 Å². The van der Waals surface area contributed by atoms with Gasteiger partial charge in [0.25, 0.3) is 0 Å². The molecule has 0 aliphatic carbocycles. The minimum absolute atomic E-state index is 0.0684. The molecule has 0 saturated heterocycles.